The van der Waals surface area contributed by atoms with E-state index in [4.69, 9.17) is 5.73 Å². The van der Waals surface area contributed by atoms with E-state index in [0.29, 0.717) is 18.7 Å². The van der Waals surface area contributed by atoms with Gasteiger partial charge in [0.25, 0.3) is 5.91 Å². The van der Waals surface area contributed by atoms with E-state index in [1.54, 1.807) is 36.7 Å². The molecule has 2 amide bonds. The molecule has 150 valence electrons. The summed E-state index contributed by atoms with van der Waals surface area (Å²) in [6.45, 7) is 1.21. The van der Waals surface area contributed by atoms with Crippen molar-refractivity contribution in [2.45, 2.75) is 30.7 Å². The third kappa shape index (κ3) is 4.26. The molecule has 0 aliphatic carbocycles. The zero-order valence-corrected chi connectivity index (χ0v) is 17.3. The minimum Gasteiger partial charge on any atom is -0.366 e. The van der Waals surface area contributed by atoms with Crippen molar-refractivity contribution in [2.75, 3.05) is 20.1 Å². The molecule has 2 N–H and O–H groups in total. The predicted molar refractivity (Wildman–Crippen MR) is 108 cm³/mol. The van der Waals surface area contributed by atoms with E-state index in [-0.39, 0.29) is 22.2 Å². The number of amides is 2. The van der Waals surface area contributed by atoms with E-state index in [9.17, 15) is 18.0 Å². The fourth-order valence-electron chi connectivity index (χ4n) is 3.24. The van der Waals surface area contributed by atoms with Crippen molar-refractivity contribution >= 4 is 33.2 Å². The largest absolute Gasteiger partial charge is 0.366 e. The molecule has 1 fully saturated rings. The monoisotopic (exact) mass is 421 g/mol. The van der Waals surface area contributed by atoms with Crippen molar-refractivity contribution in [1.29, 1.82) is 0 Å². The molecule has 0 unspecified atom stereocenters. The van der Waals surface area contributed by atoms with Crippen molar-refractivity contribution in [3.8, 4) is 0 Å². The van der Waals surface area contributed by atoms with Gasteiger partial charge in [0.05, 0.1) is 0 Å². The van der Waals surface area contributed by atoms with Gasteiger partial charge >= 0.3 is 0 Å². The zero-order valence-electron chi connectivity index (χ0n) is 15.6. The standard InChI is InChI=1S/C19H23N3O4S2/c1-21(13-14-6-5-7-15(12-14)18(20)23)19(24)17-16(8-11-27-17)28(25,26)22-9-3-2-4-10-22/h5-8,11-12H,2-4,9-10,13H2,1H3,(H2,20,23). The van der Waals surface area contributed by atoms with Gasteiger partial charge < -0.3 is 10.6 Å². The Kier molecular flexibility index (Phi) is 6.17. The molecule has 1 aliphatic rings. The fraction of sp³-hybridized carbons (Fsp3) is 0.368. The van der Waals surface area contributed by atoms with Crippen LogP contribution in [-0.4, -0.2) is 49.6 Å². The summed E-state index contributed by atoms with van der Waals surface area (Å²) in [6, 6.07) is 8.23. The molecule has 1 saturated heterocycles. The van der Waals surface area contributed by atoms with Gasteiger partial charge in [0.15, 0.2) is 0 Å². The highest BCUT2D eigenvalue weighted by molar-refractivity contribution is 7.89. The van der Waals surface area contributed by atoms with Crippen LogP contribution in [0.25, 0.3) is 0 Å². The maximum absolute atomic E-state index is 13.0. The Bertz CT molecular complexity index is 979. The van der Waals surface area contributed by atoms with Crippen LogP contribution >= 0.6 is 11.3 Å². The van der Waals surface area contributed by atoms with Crippen LogP contribution in [0, 0.1) is 0 Å². The molecule has 0 saturated carbocycles. The average molecular weight is 422 g/mol. The fourth-order valence-corrected chi connectivity index (χ4v) is 6.15. The van der Waals surface area contributed by atoms with E-state index in [2.05, 4.69) is 0 Å². The first-order valence-electron chi connectivity index (χ1n) is 9.02. The number of benzene rings is 1. The second-order valence-electron chi connectivity index (χ2n) is 6.80. The number of nitrogens with two attached hydrogens (primary N) is 1. The number of piperidine rings is 1. The van der Waals surface area contributed by atoms with Crippen LogP contribution in [0.4, 0.5) is 0 Å². The maximum Gasteiger partial charge on any atom is 0.265 e. The molecule has 9 heteroatoms. The molecule has 2 aromatic rings. The highest BCUT2D eigenvalue weighted by atomic mass is 32.2. The Morgan fingerprint density at radius 1 is 1.18 bits per heavy atom. The zero-order chi connectivity index (χ0) is 20.3. The number of carbonyl (C=O) groups excluding carboxylic acids is 2. The Labute approximate surface area is 168 Å². The molecule has 0 bridgehead atoms. The minimum absolute atomic E-state index is 0.0714. The van der Waals surface area contributed by atoms with Gasteiger partial charge in [-0.1, -0.05) is 18.6 Å². The van der Waals surface area contributed by atoms with Gasteiger partial charge in [-0.15, -0.1) is 11.3 Å². The molecule has 7 nitrogen and oxygen atoms in total. The molecule has 1 aliphatic heterocycles. The van der Waals surface area contributed by atoms with Crippen molar-refractivity contribution in [1.82, 2.24) is 9.21 Å². The molecule has 28 heavy (non-hydrogen) atoms. The number of thiophene rings is 1. The van der Waals surface area contributed by atoms with E-state index in [0.717, 1.165) is 36.2 Å². The van der Waals surface area contributed by atoms with Gasteiger partial charge in [0.1, 0.15) is 9.77 Å². The van der Waals surface area contributed by atoms with Crippen LogP contribution < -0.4 is 5.73 Å². The average Bonchev–Trinajstić information content (AvgIpc) is 3.19. The lowest BCUT2D eigenvalue weighted by molar-refractivity contribution is 0.0786. The summed E-state index contributed by atoms with van der Waals surface area (Å²) in [7, 11) is -2.08. The van der Waals surface area contributed by atoms with Gasteiger partial charge in [-0.25, -0.2) is 8.42 Å². The van der Waals surface area contributed by atoms with Crippen molar-refractivity contribution in [3.05, 3.63) is 51.7 Å². The van der Waals surface area contributed by atoms with E-state index < -0.39 is 15.9 Å². The highest BCUT2D eigenvalue weighted by Crippen LogP contribution is 2.28. The van der Waals surface area contributed by atoms with Gasteiger partial charge in [-0.05, 0) is 42.0 Å². The third-order valence-corrected chi connectivity index (χ3v) is 7.71. The first-order valence-corrected chi connectivity index (χ1v) is 11.3. The van der Waals surface area contributed by atoms with Crippen LogP contribution in [0.15, 0.2) is 40.6 Å². The number of rotatable bonds is 6. The summed E-state index contributed by atoms with van der Waals surface area (Å²) < 4.78 is 27.4. The SMILES string of the molecule is CN(Cc1cccc(C(N)=O)c1)C(=O)c1sccc1S(=O)(=O)N1CCCCC1. The second-order valence-corrected chi connectivity index (χ2v) is 9.63. The van der Waals surface area contributed by atoms with Crippen LogP contribution in [0.1, 0.15) is 44.9 Å². The summed E-state index contributed by atoms with van der Waals surface area (Å²) in [5.41, 5.74) is 6.40. The number of sulfonamides is 1. The van der Waals surface area contributed by atoms with Gasteiger partial charge in [-0.3, -0.25) is 9.59 Å². The van der Waals surface area contributed by atoms with Crippen LogP contribution in [0.2, 0.25) is 0 Å². The van der Waals surface area contributed by atoms with Gasteiger partial charge in [0.2, 0.25) is 15.9 Å². The maximum atomic E-state index is 13.0. The lowest BCUT2D eigenvalue weighted by Crippen LogP contribution is -2.36. The summed E-state index contributed by atoms with van der Waals surface area (Å²) in [4.78, 5) is 26.0. The smallest absolute Gasteiger partial charge is 0.265 e. The Hall–Kier alpha value is -2.23. The van der Waals surface area contributed by atoms with Gasteiger partial charge in [-0.2, -0.15) is 4.31 Å². The lowest BCUT2D eigenvalue weighted by Gasteiger charge is -2.26. The molecular weight excluding hydrogens is 398 g/mol. The van der Waals surface area contributed by atoms with E-state index >= 15 is 0 Å². The predicted octanol–water partition coefficient (Wildman–Crippen LogP) is 2.29. The van der Waals surface area contributed by atoms with Crippen LogP contribution in [0.5, 0.6) is 0 Å². The Morgan fingerprint density at radius 3 is 2.57 bits per heavy atom. The third-order valence-electron chi connectivity index (χ3n) is 4.73. The molecule has 1 aromatic carbocycles. The number of nitrogens with zero attached hydrogens (tertiary/aromatic N) is 2. The molecule has 1 aromatic heterocycles. The Morgan fingerprint density at radius 2 is 1.89 bits per heavy atom. The lowest BCUT2D eigenvalue weighted by atomic mass is 10.1. The molecular formula is C19H23N3O4S2. The first-order chi connectivity index (χ1) is 13.3. The van der Waals surface area contributed by atoms with E-state index in [1.807, 2.05) is 0 Å². The molecule has 3 rings (SSSR count). The Balaban J connectivity index is 1.81. The van der Waals surface area contributed by atoms with Crippen molar-refractivity contribution in [3.63, 3.8) is 0 Å². The minimum atomic E-state index is -3.68. The second kappa shape index (κ2) is 8.42. The topological polar surface area (TPSA) is 101 Å². The van der Waals surface area contributed by atoms with Crippen molar-refractivity contribution in [2.24, 2.45) is 5.73 Å². The summed E-state index contributed by atoms with van der Waals surface area (Å²) in [5, 5.41) is 1.63. The molecule has 2 heterocycles. The summed E-state index contributed by atoms with van der Waals surface area (Å²) in [6.07, 6.45) is 2.69. The van der Waals surface area contributed by atoms with Crippen LogP contribution in [0.3, 0.4) is 0 Å². The molecule has 0 radical (unpaired) electrons. The van der Waals surface area contributed by atoms with Crippen molar-refractivity contribution < 1.29 is 18.0 Å². The van der Waals surface area contributed by atoms with E-state index in [1.165, 1.54) is 15.3 Å². The molecule has 0 spiro atoms. The van der Waals surface area contributed by atoms with Gasteiger partial charge in [0, 0.05) is 32.2 Å². The van der Waals surface area contributed by atoms with Crippen LogP contribution in [-0.2, 0) is 16.6 Å². The number of primary amides is 1. The highest BCUT2D eigenvalue weighted by Gasteiger charge is 2.31. The number of hydrogen-bond donors (Lipinski definition) is 1. The number of carbonyl (C=O) groups is 2. The summed E-state index contributed by atoms with van der Waals surface area (Å²) in [5.74, 6) is -0.904. The summed E-state index contributed by atoms with van der Waals surface area (Å²) >= 11 is 1.12. The first kappa shape index (κ1) is 20.5. The number of hydrogen-bond acceptors (Lipinski definition) is 5. The quantitative estimate of drug-likeness (QED) is 0.773. The normalized spacial score (nSPS) is 15.3. The molecule has 0 atom stereocenters.